The highest BCUT2D eigenvalue weighted by Gasteiger charge is 2.42. The van der Waals surface area contributed by atoms with E-state index in [9.17, 15) is 9.59 Å². The number of fused-ring (bicyclic) bond motifs is 1. The smallest absolute Gasteiger partial charge is 0.267 e. The normalized spacial score (nSPS) is 21.0. The number of hydrogen-bond acceptors (Lipinski definition) is 4. The maximum absolute atomic E-state index is 13.0. The van der Waals surface area contributed by atoms with Crippen molar-refractivity contribution in [2.24, 2.45) is 0 Å². The van der Waals surface area contributed by atoms with Crippen molar-refractivity contribution in [3.63, 3.8) is 0 Å². The largest absolute Gasteiger partial charge is 0.291 e. The fourth-order valence-electron chi connectivity index (χ4n) is 4.95. The van der Waals surface area contributed by atoms with E-state index in [-0.39, 0.29) is 10.5 Å². The first-order valence-corrected chi connectivity index (χ1v) is 12.1. The van der Waals surface area contributed by atoms with Crippen molar-refractivity contribution in [1.29, 1.82) is 0 Å². The molecule has 3 heterocycles. The molecule has 1 amide bonds. The molecule has 0 unspecified atom stereocenters. The van der Waals surface area contributed by atoms with Gasteiger partial charge in [0.2, 0.25) is 0 Å². The Labute approximate surface area is 168 Å². The quantitative estimate of drug-likeness (QED) is 0.539. The molecule has 27 heavy (non-hydrogen) atoms. The van der Waals surface area contributed by atoms with E-state index >= 15 is 0 Å². The molecule has 2 saturated carbocycles. The molecule has 2 bridgehead atoms. The van der Waals surface area contributed by atoms with Gasteiger partial charge in [0.05, 0.1) is 22.4 Å². The first-order chi connectivity index (χ1) is 13.1. The number of nitrogens with zero attached hydrogens (tertiary/aromatic N) is 2. The zero-order valence-electron chi connectivity index (χ0n) is 15.8. The number of aromatic nitrogens is 1. The number of benzene rings is 1. The van der Waals surface area contributed by atoms with Gasteiger partial charge >= 0.3 is 0 Å². The van der Waals surface area contributed by atoms with Crippen LogP contribution in [0.4, 0.5) is 21.0 Å². The summed E-state index contributed by atoms with van der Waals surface area (Å²) in [4.78, 5) is 27.7. The predicted molar refractivity (Wildman–Crippen MR) is 115 cm³/mol. The fraction of sp³-hybridized carbons (Fsp3) is 0.619. The van der Waals surface area contributed by atoms with E-state index in [0.29, 0.717) is 10.5 Å². The third-order valence-electron chi connectivity index (χ3n) is 6.41. The van der Waals surface area contributed by atoms with Crippen molar-refractivity contribution >= 4 is 56.4 Å². The average Bonchev–Trinajstić information content (AvgIpc) is 3.09. The average molecular weight is 403 g/mol. The summed E-state index contributed by atoms with van der Waals surface area (Å²) in [6.45, 7) is 2.04. The van der Waals surface area contributed by atoms with E-state index in [1.807, 2.05) is 22.5 Å². The van der Waals surface area contributed by atoms with Gasteiger partial charge in [0.1, 0.15) is 0 Å². The molecule has 0 saturated heterocycles. The summed E-state index contributed by atoms with van der Waals surface area (Å²) in [6, 6.07) is 2.04. The Balaban J connectivity index is 1.33. The van der Waals surface area contributed by atoms with Crippen LogP contribution in [0, 0.1) is 6.92 Å². The molecule has 0 radical (unpaired) electrons. The molecule has 1 aliphatic heterocycles. The van der Waals surface area contributed by atoms with Crippen molar-refractivity contribution in [1.82, 2.24) is 4.57 Å². The topological polar surface area (TPSA) is 42.3 Å². The van der Waals surface area contributed by atoms with Crippen molar-refractivity contribution in [2.45, 2.75) is 81.6 Å². The Morgan fingerprint density at radius 1 is 0.889 bits per heavy atom. The van der Waals surface area contributed by atoms with Gasteiger partial charge in [0, 0.05) is 10.5 Å². The van der Waals surface area contributed by atoms with Crippen LogP contribution in [-0.4, -0.2) is 25.5 Å². The number of thioether (sulfide) groups is 2. The van der Waals surface area contributed by atoms with Crippen LogP contribution < -0.4 is 4.90 Å². The first-order valence-electron chi connectivity index (χ1n) is 10.3. The Kier molecular flexibility index (Phi) is 4.67. The van der Waals surface area contributed by atoms with Crippen LogP contribution in [0.2, 0.25) is 0 Å². The van der Waals surface area contributed by atoms with Gasteiger partial charge < -0.3 is 0 Å². The van der Waals surface area contributed by atoms with Crippen molar-refractivity contribution in [2.75, 3.05) is 4.90 Å². The Hall–Kier alpha value is -1.14. The van der Waals surface area contributed by atoms with Gasteiger partial charge in [-0.2, -0.15) is 0 Å². The van der Waals surface area contributed by atoms with E-state index in [2.05, 4.69) is 0 Å². The molecule has 5 rings (SSSR count). The van der Waals surface area contributed by atoms with E-state index in [4.69, 9.17) is 0 Å². The highest BCUT2D eigenvalue weighted by Crippen LogP contribution is 2.56. The van der Waals surface area contributed by atoms with Crippen molar-refractivity contribution in [3.05, 3.63) is 11.6 Å². The molecule has 2 fully saturated rings. The molecular weight excluding hydrogens is 376 g/mol. The molecule has 0 N–H and O–H groups in total. The molecule has 6 heteroatoms. The zero-order chi connectivity index (χ0) is 18.5. The monoisotopic (exact) mass is 402 g/mol. The van der Waals surface area contributed by atoms with Gasteiger partial charge in [-0.1, -0.05) is 62.0 Å². The summed E-state index contributed by atoms with van der Waals surface area (Å²) in [5.41, 5.74) is 4.98. The second-order valence-electron chi connectivity index (χ2n) is 8.20. The van der Waals surface area contributed by atoms with Crippen LogP contribution in [-0.2, 0) is 0 Å². The lowest BCUT2D eigenvalue weighted by atomic mass is 10.0. The third-order valence-corrected chi connectivity index (χ3v) is 8.79. The second-order valence-corrected chi connectivity index (χ2v) is 10.7. The molecule has 0 aromatic carbocycles. The number of carbonyl (C=O) groups excluding carboxylic acids is 2. The SMILES string of the molecule is Cc1c2c3c(cc1n3C(=O)SC1CCCCC1)N2C(=O)SC1CCCCC1. The van der Waals surface area contributed by atoms with Gasteiger partial charge in [-0.05, 0) is 44.2 Å². The van der Waals surface area contributed by atoms with E-state index in [1.54, 1.807) is 0 Å². The molecule has 0 spiro atoms. The number of aryl methyl sites for hydroxylation is 1. The molecule has 0 atom stereocenters. The lowest BCUT2D eigenvalue weighted by molar-refractivity contribution is 0.262. The standard InChI is InChI=1S/C21H26N2O2S2/c1-13-16-12-17-19(22(16)20(24)26-14-8-4-2-5-9-14)18(13)23(17)21(25)27-15-10-6-3-7-11-15/h12,14-15H,2-11H2,1H3. The fourth-order valence-corrected chi connectivity index (χ4v) is 7.25. The summed E-state index contributed by atoms with van der Waals surface area (Å²) in [6.07, 6.45) is 12.2. The van der Waals surface area contributed by atoms with Gasteiger partial charge in [-0.25, -0.2) is 0 Å². The highest BCUT2D eigenvalue weighted by molar-refractivity contribution is 8.14. The lowest BCUT2D eigenvalue weighted by Gasteiger charge is -2.33. The second kappa shape index (κ2) is 7.03. The number of amides is 1. The highest BCUT2D eigenvalue weighted by atomic mass is 32.2. The van der Waals surface area contributed by atoms with E-state index in [1.165, 1.54) is 62.0 Å². The zero-order valence-corrected chi connectivity index (χ0v) is 17.5. The van der Waals surface area contributed by atoms with Crippen LogP contribution in [0.1, 0.15) is 69.8 Å². The van der Waals surface area contributed by atoms with Crippen molar-refractivity contribution < 1.29 is 9.59 Å². The number of rotatable bonds is 2. The summed E-state index contributed by atoms with van der Waals surface area (Å²) >= 11 is 3.01. The maximum atomic E-state index is 13.0. The van der Waals surface area contributed by atoms with Gasteiger partial charge in [0.25, 0.3) is 10.5 Å². The third kappa shape index (κ3) is 2.91. The Morgan fingerprint density at radius 3 is 2.00 bits per heavy atom. The Bertz CT molecular complexity index is 878. The minimum Gasteiger partial charge on any atom is -0.267 e. The molecule has 144 valence electrons. The summed E-state index contributed by atoms with van der Waals surface area (Å²) < 4.78 is 1.87. The molecule has 3 aliphatic rings. The van der Waals surface area contributed by atoms with Crippen molar-refractivity contribution in [3.8, 4) is 0 Å². The summed E-state index contributed by atoms with van der Waals surface area (Å²) in [5, 5.41) is 1.19. The van der Waals surface area contributed by atoms with E-state index in [0.717, 1.165) is 53.7 Å². The summed E-state index contributed by atoms with van der Waals surface area (Å²) in [7, 11) is 0. The lowest BCUT2D eigenvalue weighted by Crippen LogP contribution is -2.30. The van der Waals surface area contributed by atoms with Crippen LogP contribution in [0.5, 0.6) is 0 Å². The molecule has 2 aromatic rings. The minimum absolute atomic E-state index is 0.138. The van der Waals surface area contributed by atoms with E-state index < -0.39 is 0 Å². The Morgan fingerprint density at radius 2 is 1.44 bits per heavy atom. The van der Waals surface area contributed by atoms with Crippen LogP contribution in [0.15, 0.2) is 6.07 Å². The van der Waals surface area contributed by atoms with Gasteiger partial charge in [0.15, 0.2) is 0 Å². The molecule has 4 nitrogen and oxygen atoms in total. The van der Waals surface area contributed by atoms with Crippen LogP contribution in [0.25, 0.3) is 11.0 Å². The number of hydrogen-bond donors (Lipinski definition) is 0. The maximum Gasteiger partial charge on any atom is 0.291 e. The summed E-state index contributed by atoms with van der Waals surface area (Å²) in [5.74, 6) is 0. The molecule has 2 aromatic heterocycles. The molecular formula is C21H26N2O2S2. The first kappa shape index (κ1) is 17.9. The number of carbonyl (C=O) groups is 2. The van der Waals surface area contributed by atoms with Gasteiger partial charge in [-0.15, -0.1) is 0 Å². The van der Waals surface area contributed by atoms with Crippen LogP contribution in [0.3, 0.4) is 0 Å². The minimum atomic E-state index is 0.138. The molecule has 2 aliphatic carbocycles. The van der Waals surface area contributed by atoms with Crippen LogP contribution >= 0.6 is 23.5 Å². The number of anilines is 2. The predicted octanol–water partition coefficient (Wildman–Crippen LogP) is 7.06. The van der Waals surface area contributed by atoms with Gasteiger partial charge in [-0.3, -0.25) is 19.1 Å².